The molecule has 1 saturated carbocycles. The minimum absolute atomic E-state index is 0.00782. The molecular weight excluding hydrogens is 361 g/mol. The highest BCUT2D eigenvalue weighted by molar-refractivity contribution is 5.97. The van der Waals surface area contributed by atoms with Gasteiger partial charge < -0.3 is 14.6 Å². The summed E-state index contributed by atoms with van der Waals surface area (Å²) in [4.78, 5) is 14.6. The van der Waals surface area contributed by atoms with Gasteiger partial charge in [-0.15, -0.1) is 0 Å². The molecule has 2 aromatic carbocycles. The molecule has 1 N–H and O–H groups in total. The molecule has 3 atom stereocenters. The third kappa shape index (κ3) is 3.83. The zero-order chi connectivity index (χ0) is 19.7. The second kappa shape index (κ2) is 7.80. The van der Waals surface area contributed by atoms with Gasteiger partial charge in [0.05, 0.1) is 19.8 Å². The molecule has 0 unspecified atom stereocenters. The maximum atomic E-state index is 14.3. The van der Waals surface area contributed by atoms with Gasteiger partial charge in [0, 0.05) is 18.7 Å². The molecule has 1 saturated heterocycles. The molecule has 1 heterocycles. The van der Waals surface area contributed by atoms with E-state index in [0.29, 0.717) is 23.9 Å². The Morgan fingerprint density at radius 1 is 1.11 bits per heavy atom. The third-order valence-corrected chi connectivity index (χ3v) is 5.78. The van der Waals surface area contributed by atoms with Crippen molar-refractivity contribution in [1.29, 1.82) is 0 Å². The van der Waals surface area contributed by atoms with E-state index < -0.39 is 5.82 Å². The smallest absolute Gasteiger partial charge is 0.206 e. The Balaban J connectivity index is 1.31. The molecule has 28 heavy (non-hydrogen) atoms. The number of Topliss-reactive ketones (excluding diaryl/α,β-unsaturated/α-hetero) is 1. The van der Waals surface area contributed by atoms with Crippen molar-refractivity contribution in [1.82, 2.24) is 4.90 Å². The molecule has 2 aromatic rings. The number of methoxy groups -OCH3 is 1. The minimum Gasteiger partial charge on any atom is -0.508 e. The fraction of sp³-hybridized carbons (Fsp3) is 0.409. The minimum atomic E-state index is -0.455. The van der Waals surface area contributed by atoms with Crippen LogP contribution >= 0.6 is 0 Å². The number of fused-ring (bicyclic) bond motifs is 1. The van der Waals surface area contributed by atoms with Gasteiger partial charge in [-0.05, 0) is 61.1 Å². The highest BCUT2D eigenvalue weighted by Crippen LogP contribution is 2.40. The lowest BCUT2D eigenvalue weighted by Gasteiger charge is -2.20. The third-order valence-electron chi connectivity index (χ3n) is 5.78. The second-order valence-electron chi connectivity index (χ2n) is 7.67. The van der Waals surface area contributed by atoms with Crippen molar-refractivity contribution in [2.75, 3.05) is 26.7 Å². The van der Waals surface area contributed by atoms with Gasteiger partial charge in [-0.2, -0.15) is 4.39 Å². The number of hydrogen-bond acceptors (Lipinski definition) is 5. The van der Waals surface area contributed by atoms with Gasteiger partial charge in [0.25, 0.3) is 0 Å². The van der Waals surface area contributed by atoms with Crippen LogP contribution in [0.15, 0.2) is 42.5 Å². The normalized spacial score (nSPS) is 24.1. The standard InChI is InChI=1S/C22H24FNO4/c1-27-20-3-2-4-21(22(20)23)28-18-9-15-11-24(12-16(15)10-18)13-19(26)14-5-7-17(25)8-6-14/h2-8,15-16,18,25H,9-13H2,1H3/t15-,16+,18+. The molecule has 0 bridgehead atoms. The van der Waals surface area contributed by atoms with Crippen LogP contribution in [0.5, 0.6) is 17.2 Å². The van der Waals surface area contributed by atoms with E-state index in [1.807, 2.05) is 0 Å². The number of carbonyl (C=O) groups is 1. The maximum absolute atomic E-state index is 14.3. The van der Waals surface area contributed by atoms with E-state index in [1.165, 1.54) is 19.2 Å². The Morgan fingerprint density at radius 3 is 2.39 bits per heavy atom. The molecule has 4 rings (SSSR count). The topological polar surface area (TPSA) is 59.0 Å². The van der Waals surface area contributed by atoms with Crippen molar-refractivity contribution in [3.63, 3.8) is 0 Å². The molecule has 1 aliphatic carbocycles. The summed E-state index contributed by atoms with van der Waals surface area (Å²) in [5, 5.41) is 9.34. The summed E-state index contributed by atoms with van der Waals surface area (Å²) in [5.74, 6) is 1.12. The lowest BCUT2D eigenvalue weighted by atomic mass is 10.0. The monoisotopic (exact) mass is 385 g/mol. The Morgan fingerprint density at radius 2 is 1.75 bits per heavy atom. The molecule has 148 valence electrons. The van der Waals surface area contributed by atoms with Crippen LogP contribution < -0.4 is 9.47 Å². The van der Waals surface area contributed by atoms with E-state index in [4.69, 9.17) is 9.47 Å². The molecule has 0 radical (unpaired) electrons. The van der Waals surface area contributed by atoms with Crippen molar-refractivity contribution in [3.05, 3.63) is 53.8 Å². The van der Waals surface area contributed by atoms with Crippen LogP contribution in [0.25, 0.3) is 0 Å². The number of phenols is 1. The number of ether oxygens (including phenoxy) is 2. The molecular formula is C22H24FNO4. The molecule has 0 spiro atoms. The number of rotatable bonds is 6. The molecule has 2 aliphatic rings. The number of phenolic OH excluding ortho intramolecular Hbond substituents is 1. The number of nitrogens with zero attached hydrogens (tertiary/aromatic N) is 1. The summed E-state index contributed by atoms with van der Waals surface area (Å²) in [5.41, 5.74) is 0.615. The van der Waals surface area contributed by atoms with E-state index in [-0.39, 0.29) is 29.1 Å². The van der Waals surface area contributed by atoms with Crippen LogP contribution in [0.1, 0.15) is 23.2 Å². The first kappa shape index (κ1) is 18.7. The second-order valence-corrected chi connectivity index (χ2v) is 7.67. The van der Waals surface area contributed by atoms with Crippen LogP contribution in [0.3, 0.4) is 0 Å². The molecule has 2 fully saturated rings. The lowest BCUT2D eigenvalue weighted by molar-refractivity contribution is 0.0936. The summed E-state index contributed by atoms with van der Waals surface area (Å²) >= 11 is 0. The maximum Gasteiger partial charge on any atom is 0.206 e. The number of carbonyl (C=O) groups excluding carboxylic acids is 1. The van der Waals surface area contributed by atoms with Crippen molar-refractivity contribution < 1.29 is 23.8 Å². The number of hydrogen-bond donors (Lipinski definition) is 1. The molecule has 6 heteroatoms. The van der Waals surface area contributed by atoms with E-state index in [0.717, 1.165) is 25.9 Å². The van der Waals surface area contributed by atoms with Crippen LogP contribution in [0.2, 0.25) is 0 Å². The van der Waals surface area contributed by atoms with Crippen molar-refractivity contribution >= 4 is 5.78 Å². The van der Waals surface area contributed by atoms with Gasteiger partial charge in [-0.1, -0.05) is 6.07 Å². The van der Waals surface area contributed by atoms with E-state index >= 15 is 0 Å². The van der Waals surface area contributed by atoms with Crippen molar-refractivity contribution in [3.8, 4) is 17.2 Å². The Kier molecular flexibility index (Phi) is 5.22. The first-order valence-electron chi connectivity index (χ1n) is 9.57. The van der Waals surface area contributed by atoms with Gasteiger partial charge >= 0.3 is 0 Å². The van der Waals surface area contributed by atoms with Crippen LogP contribution in [-0.4, -0.2) is 48.6 Å². The number of halogens is 1. The summed E-state index contributed by atoms with van der Waals surface area (Å²) in [6, 6.07) is 11.3. The summed E-state index contributed by atoms with van der Waals surface area (Å²) in [6.07, 6.45) is 1.72. The number of likely N-dealkylation sites (tertiary alicyclic amines) is 1. The zero-order valence-electron chi connectivity index (χ0n) is 15.8. The average molecular weight is 385 g/mol. The van der Waals surface area contributed by atoms with Gasteiger partial charge in [0.1, 0.15) is 5.75 Å². The van der Waals surface area contributed by atoms with Gasteiger partial charge in [0.2, 0.25) is 5.82 Å². The van der Waals surface area contributed by atoms with Crippen molar-refractivity contribution in [2.45, 2.75) is 18.9 Å². The summed E-state index contributed by atoms with van der Waals surface area (Å²) in [7, 11) is 1.44. The van der Waals surface area contributed by atoms with E-state index in [9.17, 15) is 14.3 Å². The highest BCUT2D eigenvalue weighted by atomic mass is 19.1. The highest BCUT2D eigenvalue weighted by Gasteiger charge is 2.42. The van der Waals surface area contributed by atoms with Gasteiger partial charge in [-0.3, -0.25) is 9.69 Å². The van der Waals surface area contributed by atoms with Crippen LogP contribution in [0.4, 0.5) is 4.39 Å². The quantitative estimate of drug-likeness (QED) is 0.771. The van der Waals surface area contributed by atoms with Crippen molar-refractivity contribution in [2.24, 2.45) is 11.8 Å². The Hall–Kier alpha value is -2.60. The fourth-order valence-corrected chi connectivity index (χ4v) is 4.43. The SMILES string of the molecule is COc1cccc(O[C@H]2C[C@@H]3CN(CC(=O)c4ccc(O)cc4)C[C@@H]3C2)c1F. The number of aromatic hydroxyl groups is 1. The van der Waals surface area contributed by atoms with E-state index in [1.54, 1.807) is 30.3 Å². The van der Waals surface area contributed by atoms with Gasteiger partial charge in [-0.25, -0.2) is 0 Å². The zero-order valence-corrected chi connectivity index (χ0v) is 15.8. The average Bonchev–Trinajstić information content (AvgIpc) is 3.21. The van der Waals surface area contributed by atoms with Gasteiger partial charge in [0.15, 0.2) is 17.3 Å². The summed E-state index contributed by atoms with van der Waals surface area (Å²) in [6.45, 7) is 2.09. The number of benzene rings is 2. The van der Waals surface area contributed by atoms with Crippen LogP contribution in [-0.2, 0) is 0 Å². The Bertz CT molecular complexity index is 840. The first-order chi connectivity index (χ1) is 13.5. The predicted octanol–water partition coefficient (Wildman–Crippen LogP) is 3.51. The Labute approximate surface area is 163 Å². The van der Waals surface area contributed by atoms with Crippen LogP contribution in [0, 0.1) is 17.7 Å². The first-order valence-corrected chi connectivity index (χ1v) is 9.57. The molecule has 0 amide bonds. The fourth-order valence-electron chi connectivity index (χ4n) is 4.43. The molecule has 0 aromatic heterocycles. The number of ketones is 1. The summed E-state index contributed by atoms with van der Waals surface area (Å²) < 4.78 is 25.2. The predicted molar refractivity (Wildman–Crippen MR) is 102 cm³/mol. The van der Waals surface area contributed by atoms with E-state index in [2.05, 4.69) is 4.90 Å². The largest absolute Gasteiger partial charge is 0.508 e. The molecule has 5 nitrogen and oxygen atoms in total. The lowest BCUT2D eigenvalue weighted by Crippen LogP contribution is -2.30. The molecule has 1 aliphatic heterocycles.